The van der Waals surface area contributed by atoms with Gasteiger partial charge in [0.1, 0.15) is 5.75 Å². The minimum atomic E-state index is -0.820. The average molecular weight is 338 g/mol. The molecule has 0 aromatic heterocycles. The highest BCUT2D eigenvalue weighted by Gasteiger charge is 2.42. The lowest BCUT2D eigenvalue weighted by Gasteiger charge is -2.48. The van der Waals surface area contributed by atoms with E-state index in [1.165, 1.54) is 26.0 Å². The second kappa shape index (κ2) is 6.58. The van der Waals surface area contributed by atoms with Gasteiger partial charge in [-0.15, -0.1) is 0 Å². The van der Waals surface area contributed by atoms with E-state index in [1.54, 1.807) is 0 Å². The molecule has 132 valence electrons. The largest absolute Gasteiger partial charge is 0.496 e. The van der Waals surface area contributed by atoms with Gasteiger partial charge >= 0.3 is 0 Å². The number of fused-ring (bicyclic) bond motifs is 1. The van der Waals surface area contributed by atoms with E-state index in [9.17, 15) is 8.78 Å². The van der Waals surface area contributed by atoms with Crippen molar-refractivity contribution in [2.75, 3.05) is 40.0 Å². The zero-order chi connectivity index (χ0) is 16.7. The Kier molecular flexibility index (Phi) is 4.45. The third-order valence-corrected chi connectivity index (χ3v) is 5.56. The molecular formula is C18H24F2N2O2. The van der Waals surface area contributed by atoms with Crippen molar-refractivity contribution in [1.29, 1.82) is 0 Å². The smallest absolute Gasteiger partial charge is 0.167 e. The molecule has 0 amide bonds. The lowest BCUT2D eigenvalue weighted by Crippen LogP contribution is -2.62. The molecule has 4 rings (SSSR count). The first-order valence-electron chi connectivity index (χ1n) is 8.74. The molecule has 1 aromatic rings. The lowest BCUT2D eigenvalue weighted by atomic mass is 10.0. The molecule has 2 heterocycles. The molecule has 0 bridgehead atoms. The second-order valence-electron chi connectivity index (χ2n) is 7.11. The summed E-state index contributed by atoms with van der Waals surface area (Å²) in [6, 6.07) is 3.51. The number of rotatable bonds is 4. The maximum absolute atomic E-state index is 14.2. The van der Waals surface area contributed by atoms with E-state index in [1.807, 2.05) is 0 Å². The molecule has 1 aliphatic carbocycles. The Bertz CT molecular complexity index is 609. The van der Waals surface area contributed by atoms with Crippen LogP contribution in [0.4, 0.5) is 8.78 Å². The van der Waals surface area contributed by atoms with Crippen LogP contribution in [0.2, 0.25) is 0 Å². The maximum atomic E-state index is 14.2. The molecule has 3 aliphatic rings. The van der Waals surface area contributed by atoms with Crippen molar-refractivity contribution in [2.24, 2.45) is 5.92 Å². The first-order chi connectivity index (χ1) is 11.7. The van der Waals surface area contributed by atoms with Gasteiger partial charge in [-0.2, -0.15) is 0 Å². The maximum Gasteiger partial charge on any atom is 0.167 e. The SMILES string of the molecule is COc1ccc(F)c(F)c1CN1CCN2[C@@H](COC[C@@H]2C2CC2)C1. The molecular weight excluding hydrogens is 314 g/mol. The van der Waals surface area contributed by atoms with Crippen LogP contribution >= 0.6 is 0 Å². The monoisotopic (exact) mass is 338 g/mol. The Balaban J connectivity index is 1.47. The van der Waals surface area contributed by atoms with E-state index in [4.69, 9.17) is 9.47 Å². The van der Waals surface area contributed by atoms with Crippen LogP contribution in [0.3, 0.4) is 0 Å². The summed E-state index contributed by atoms with van der Waals surface area (Å²) in [5.41, 5.74) is 0.307. The van der Waals surface area contributed by atoms with E-state index in [0.29, 0.717) is 29.9 Å². The van der Waals surface area contributed by atoms with Gasteiger partial charge in [0.25, 0.3) is 0 Å². The lowest BCUT2D eigenvalue weighted by molar-refractivity contribution is -0.0881. The van der Waals surface area contributed by atoms with E-state index in [2.05, 4.69) is 9.80 Å². The standard InChI is InChI=1S/C18H24F2N2O2/c1-23-17-5-4-15(19)18(20)14(17)9-21-6-7-22-13(8-21)10-24-11-16(22)12-2-3-12/h4-5,12-13,16H,2-3,6-11H2,1H3/t13-,16-/m1/s1. The molecule has 0 spiro atoms. The van der Waals surface area contributed by atoms with Crippen molar-refractivity contribution in [3.63, 3.8) is 0 Å². The van der Waals surface area contributed by atoms with Crippen LogP contribution < -0.4 is 4.74 Å². The number of halogens is 2. The molecule has 2 atom stereocenters. The summed E-state index contributed by atoms with van der Waals surface area (Å²) in [5, 5.41) is 0. The quantitative estimate of drug-likeness (QED) is 0.841. The number of ether oxygens (including phenoxy) is 2. The van der Waals surface area contributed by atoms with E-state index >= 15 is 0 Å². The predicted molar refractivity (Wildman–Crippen MR) is 86.0 cm³/mol. The molecule has 2 aliphatic heterocycles. The highest BCUT2D eigenvalue weighted by Crippen LogP contribution is 2.38. The van der Waals surface area contributed by atoms with Gasteiger partial charge < -0.3 is 9.47 Å². The van der Waals surface area contributed by atoms with E-state index in [-0.39, 0.29) is 0 Å². The normalized spacial score (nSPS) is 28.6. The molecule has 0 radical (unpaired) electrons. The molecule has 24 heavy (non-hydrogen) atoms. The van der Waals surface area contributed by atoms with Crippen molar-refractivity contribution in [3.05, 3.63) is 29.3 Å². The fourth-order valence-corrected chi connectivity index (χ4v) is 4.11. The van der Waals surface area contributed by atoms with Crippen molar-refractivity contribution in [3.8, 4) is 5.75 Å². The topological polar surface area (TPSA) is 24.9 Å². The third kappa shape index (κ3) is 3.03. The van der Waals surface area contributed by atoms with Crippen LogP contribution in [0, 0.1) is 17.6 Å². The van der Waals surface area contributed by atoms with Crippen LogP contribution in [-0.2, 0) is 11.3 Å². The van der Waals surface area contributed by atoms with Crippen LogP contribution in [0.25, 0.3) is 0 Å². The molecule has 3 fully saturated rings. The Labute approximate surface area is 141 Å². The summed E-state index contributed by atoms with van der Waals surface area (Å²) >= 11 is 0. The van der Waals surface area contributed by atoms with Gasteiger partial charge in [0.15, 0.2) is 11.6 Å². The van der Waals surface area contributed by atoms with Gasteiger partial charge in [0, 0.05) is 43.8 Å². The average Bonchev–Trinajstić information content (AvgIpc) is 3.43. The molecule has 0 unspecified atom stereocenters. The number of benzene rings is 1. The van der Waals surface area contributed by atoms with Crippen LogP contribution in [0.1, 0.15) is 18.4 Å². The Hall–Kier alpha value is -1.24. The minimum Gasteiger partial charge on any atom is -0.496 e. The van der Waals surface area contributed by atoms with Gasteiger partial charge in [0.2, 0.25) is 0 Å². The number of methoxy groups -OCH3 is 1. The minimum absolute atomic E-state index is 0.307. The fraction of sp³-hybridized carbons (Fsp3) is 0.667. The number of hydrogen-bond donors (Lipinski definition) is 0. The first-order valence-corrected chi connectivity index (χ1v) is 8.74. The Morgan fingerprint density at radius 2 is 2.04 bits per heavy atom. The van der Waals surface area contributed by atoms with Crippen LogP contribution in [0.5, 0.6) is 5.75 Å². The van der Waals surface area contributed by atoms with Crippen molar-refractivity contribution in [1.82, 2.24) is 9.80 Å². The summed E-state index contributed by atoms with van der Waals surface area (Å²) in [7, 11) is 1.49. The summed E-state index contributed by atoms with van der Waals surface area (Å²) in [5.74, 6) is -0.418. The van der Waals surface area contributed by atoms with E-state index in [0.717, 1.165) is 44.8 Å². The summed E-state index contributed by atoms with van der Waals surface area (Å²) in [4.78, 5) is 4.76. The van der Waals surface area contributed by atoms with Crippen LogP contribution in [0.15, 0.2) is 12.1 Å². The van der Waals surface area contributed by atoms with Gasteiger partial charge in [0.05, 0.1) is 20.3 Å². The summed E-state index contributed by atoms with van der Waals surface area (Å²) in [6.45, 7) is 4.58. The molecule has 1 saturated carbocycles. The van der Waals surface area contributed by atoms with Gasteiger partial charge in [-0.3, -0.25) is 9.80 Å². The number of hydrogen-bond acceptors (Lipinski definition) is 4. The molecule has 6 heteroatoms. The molecule has 2 saturated heterocycles. The molecule has 0 N–H and O–H groups in total. The number of morpholine rings is 1. The van der Waals surface area contributed by atoms with E-state index < -0.39 is 11.6 Å². The summed E-state index contributed by atoms with van der Waals surface area (Å²) < 4.78 is 38.8. The van der Waals surface area contributed by atoms with Gasteiger partial charge in [-0.25, -0.2) is 8.78 Å². The second-order valence-corrected chi connectivity index (χ2v) is 7.11. The third-order valence-electron chi connectivity index (χ3n) is 5.56. The van der Waals surface area contributed by atoms with Crippen molar-refractivity contribution >= 4 is 0 Å². The number of piperazine rings is 1. The molecule has 4 nitrogen and oxygen atoms in total. The van der Waals surface area contributed by atoms with Gasteiger partial charge in [-0.05, 0) is 30.9 Å². The highest BCUT2D eigenvalue weighted by molar-refractivity contribution is 5.35. The Morgan fingerprint density at radius 1 is 1.21 bits per heavy atom. The summed E-state index contributed by atoms with van der Waals surface area (Å²) in [6.07, 6.45) is 2.62. The number of nitrogens with zero attached hydrogens (tertiary/aromatic N) is 2. The first kappa shape index (κ1) is 16.2. The fourth-order valence-electron chi connectivity index (χ4n) is 4.11. The van der Waals surface area contributed by atoms with Crippen LogP contribution in [-0.4, -0.2) is 61.8 Å². The zero-order valence-electron chi connectivity index (χ0n) is 14.0. The molecule has 1 aromatic carbocycles. The predicted octanol–water partition coefficient (Wildman–Crippen LogP) is 2.27. The Morgan fingerprint density at radius 3 is 2.79 bits per heavy atom. The van der Waals surface area contributed by atoms with Crippen molar-refractivity contribution in [2.45, 2.75) is 31.5 Å². The van der Waals surface area contributed by atoms with Gasteiger partial charge in [-0.1, -0.05) is 0 Å². The highest BCUT2D eigenvalue weighted by atomic mass is 19.2. The zero-order valence-corrected chi connectivity index (χ0v) is 14.0. The van der Waals surface area contributed by atoms with Crippen molar-refractivity contribution < 1.29 is 18.3 Å².